The van der Waals surface area contributed by atoms with E-state index in [0.29, 0.717) is 19.3 Å². The van der Waals surface area contributed by atoms with Gasteiger partial charge in [-0.3, -0.25) is 9.59 Å². The highest BCUT2D eigenvalue weighted by Gasteiger charge is 2.43. The highest BCUT2D eigenvalue weighted by Crippen LogP contribution is 2.42. The molecule has 1 aliphatic rings. The van der Waals surface area contributed by atoms with Crippen molar-refractivity contribution in [3.63, 3.8) is 0 Å². The van der Waals surface area contributed by atoms with Gasteiger partial charge in [0.1, 0.15) is 11.6 Å². The Morgan fingerprint density at radius 1 is 1.18 bits per heavy atom. The van der Waals surface area contributed by atoms with Crippen LogP contribution in [0.4, 0.5) is 0 Å². The van der Waals surface area contributed by atoms with Gasteiger partial charge in [0.25, 0.3) is 0 Å². The lowest BCUT2D eigenvalue weighted by molar-refractivity contribution is -0.137. The van der Waals surface area contributed by atoms with Crippen LogP contribution < -0.4 is 0 Å². The summed E-state index contributed by atoms with van der Waals surface area (Å²) < 4.78 is 0. The standard InChI is InChI=1S/C15H24O2/c1-10(2)11-9-13(17)14(3,4)8-7-12(16)15(11,5)6/h11H,1,7-9H2,2-6H3. The van der Waals surface area contributed by atoms with Crippen LogP contribution in [0.2, 0.25) is 0 Å². The van der Waals surface area contributed by atoms with Crippen molar-refractivity contribution in [3.05, 3.63) is 12.2 Å². The van der Waals surface area contributed by atoms with Crippen molar-refractivity contribution in [2.75, 3.05) is 0 Å². The molecule has 1 atom stereocenters. The Hall–Kier alpha value is -0.920. The predicted molar refractivity (Wildman–Crippen MR) is 69.7 cm³/mol. The summed E-state index contributed by atoms with van der Waals surface area (Å²) in [7, 11) is 0. The van der Waals surface area contributed by atoms with Crippen LogP contribution in [0, 0.1) is 16.7 Å². The molecule has 1 saturated carbocycles. The van der Waals surface area contributed by atoms with Crippen molar-refractivity contribution in [2.45, 2.75) is 53.9 Å². The summed E-state index contributed by atoms with van der Waals surface area (Å²) >= 11 is 0. The molecule has 1 aliphatic carbocycles. The maximum atomic E-state index is 12.2. The average molecular weight is 236 g/mol. The van der Waals surface area contributed by atoms with Gasteiger partial charge >= 0.3 is 0 Å². The van der Waals surface area contributed by atoms with E-state index in [0.717, 1.165) is 5.57 Å². The van der Waals surface area contributed by atoms with Gasteiger partial charge in [-0.2, -0.15) is 0 Å². The number of allylic oxidation sites excluding steroid dienone is 1. The molecule has 17 heavy (non-hydrogen) atoms. The Morgan fingerprint density at radius 3 is 2.18 bits per heavy atom. The van der Waals surface area contributed by atoms with Gasteiger partial charge in [0, 0.05) is 23.7 Å². The number of carbonyl (C=O) groups is 2. The van der Waals surface area contributed by atoms with E-state index in [1.807, 2.05) is 34.6 Å². The van der Waals surface area contributed by atoms with E-state index in [1.54, 1.807) is 0 Å². The minimum atomic E-state index is -0.460. The second kappa shape index (κ2) is 4.40. The van der Waals surface area contributed by atoms with Gasteiger partial charge in [0.15, 0.2) is 0 Å². The minimum Gasteiger partial charge on any atom is -0.299 e. The zero-order valence-corrected chi connectivity index (χ0v) is 11.7. The molecule has 0 aliphatic heterocycles. The minimum absolute atomic E-state index is 0.0259. The second-order valence-corrected chi connectivity index (χ2v) is 6.55. The molecule has 0 aromatic rings. The third kappa shape index (κ3) is 2.67. The van der Waals surface area contributed by atoms with Crippen LogP contribution in [0.15, 0.2) is 12.2 Å². The van der Waals surface area contributed by atoms with E-state index in [2.05, 4.69) is 6.58 Å². The molecule has 1 rings (SSSR count). The van der Waals surface area contributed by atoms with Crippen LogP contribution >= 0.6 is 0 Å². The number of hydrogen-bond acceptors (Lipinski definition) is 2. The van der Waals surface area contributed by atoms with E-state index in [-0.39, 0.29) is 22.9 Å². The van der Waals surface area contributed by atoms with E-state index in [9.17, 15) is 9.59 Å². The van der Waals surface area contributed by atoms with Crippen molar-refractivity contribution in [2.24, 2.45) is 16.7 Å². The van der Waals surface area contributed by atoms with Crippen LogP contribution in [-0.4, -0.2) is 11.6 Å². The molecule has 0 N–H and O–H groups in total. The second-order valence-electron chi connectivity index (χ2n) is 6.55. The van der Waals surface area contributed by atoms with Gasteiger partial charge in [-0.25, -0.2) is 0 Å². The molecule has 0 saturated heterocycles. The third-order valence-corrected chi connectivity index (χ3v) is 4.31. The molecule has 2 heteroatoms. The lowest BCUT2D eigenvalue weighted by atomic mass is 9.64. The summed E-state index contributed by atoms with van der Waals surface area (Å²) in [6, 6.07) is 0. The first-order valence-corrected chi connectivity index (χ1v) is 6.31. The largest absolute Gasteiger partial charge is 0.299 e. The Morgan fingerprint density at radius 2 is 1.71 bits per heavy atom. The molecule has 0 aromatic carbocycles. The van der Waals surface area contributed by atoms with Gasteiger partial charge in [-0.15, -0.1) is 0 Å². The SMILES string of the molecule is C=C(C)C1CC(=O)C(C)(C)CCC(=O)C1(C)C. The van der Waals surface area contributed by atoms with Gasteiger partial charge in [-0.1, -0.05) is 39.8 Å². The molecule has 0 spiro atoms. The van der Waals surface area contributed by atoms with Gasteiger partial charge < -0.3 is 0 Å². The number of carbonyl (C=O) groups excluding carboxylic acids is 2. The lowest BCUT2D eigenvalue weighted by Gasteiger charge is -2.38. The van der Waals surface area contributed by atoms with Crippen LogP contribution in [0.3, 0.4) is 0 Å². The number of Topliss-reactive ketones (excluding diaryl/α,β-unsaturated/α-hetero) is 2. The van der Waals surface area contributed by atoms with Crippen molar-refractivity contribution < 1.29 is 9.59 Å². The van der Waals surface area contributed by atoms with E-state index in [1.165, 1.54) is 0 Å². The molecule has 0 amide bonds. The first kappa shape index (κ1) is 14.1. The maximum Gasteiger partial charge on any atom is 0.139 e. The first-order chi connectivity index (χ1) is 7.59. The smallest absolute Gasteiger partial charge is 0.139 e. The molecule has 1 unspecified atom stereocenters. The van der Waals surface area contributed by atoms with Crippen LogP contribution in [-0.2, 0) is 9.59 Å². The number of ketones is 2. The van der Waals surface area contributed by atoms with Gasteiger partial charge in [0.05, 0.1) is 0 Å². The normalized spacial score (nSPS) is 28.4. The molecular weight excluding hydrogens is 212 g/mol. The summed E-state index contributed by atoms with van der Waals surface area (Å²) in [5, 5.41) is 0. The van der Waals surface area contributed by atoms with E-state index >= 15 is 0 Å². The molecule has 96 valence electrons. The zero-order chi connectivity index (χ0) is 13.4. The molecule has 0 heterocycles. The predicted octanol–water partition coefficient (Wildman–Crippen LogP) is 3.55. The monoisotopic (exact) mass is 236 g/mol. The van der Waals surface area contributed by atoms with Crippen molar-refractivity contribution in [1.82, 2.24) is 0 Å². The van der Waals surface area contributed by atoms with Gasteiger partial charge in [-0.05, 0) is 19.3 Å². The Balaban J connectivity index is 3.13. The molecule has 0 bridgehead atoms. The molecular formula is C15H24O2. The summed E-state index contributed by atoms with van der Waals surface area (Å²) in [5.74, 6) is 0.485. The summed E-state index contributed by atoms with van der Waals surface area (Å²) in [6.45, 7) is 13.6. The topological polar surface area (TPSA) is 34.1 Å². The quantitative estimate of drug-likeness (QED) is 0.652. The van der Waals surface area contributed by atoms with Crippen LogP contribution in [0.25, 0.3) is 0 Å². The molecule has 2 nitrogen and oxygen atoms in total. The Bertz CT molecular complexity index is 359. The highest BCUT2D eigenvalue weighted by atomic mass is 16.1. The summed E-state index contributed by atoms with van der Waals surface area (Å²) in [4.78, 5) is 24.5. The van der Waals surface area contributed by atoms with Crippen LogP contribution in [0.1, 0.15) is 53.9 Å². The van der Waals surface area contributed by atoms with E-state index < -0.39 is 5.41 Å². The first-order valence-electron chi connectivity index (χ1n) is 6.31. The highest BCUT2D eigenvalue weighted by molar-refractivity contribution is 5.90. The zero-order valence-electron chi connectivity index (χ0n) is 11.7. The van der Waals surface area contributed by atoms with Crippen LogP contribution in [0.5, 0.6) is 0 Å². The van der Waals surface area contributed by atoms with Crippen molar-refractivity contribution in [1.29, 1.82) is 0 Å². The molecule has 0 aromatic heterocycles. The summed E-state index contributed by atoms with van der Waals surface area (Å²) in [5.41, 5.74) is 0.104. The number of hydrogen-bond donors (Lipinski definition) is 0. The average Bonchev–Trinajstić information content (AvgIpc) is 2.20. The molecule has 1 fully saturated rings. The fourth-order valence-electron chi connectivity index (χ4n) is 2.59. The fourth-order valence-corrected chi connectivity index (χ4v) is 2.59. The molecule has 0 radical (unpaired) electrons. The number of rotatable bonds is 1. The van der Waals surface area contributed by atoms with Gasteiger partial charge in [0.2, 0.25) is 0 Å². The van der Waals surface area contributed by atoms with E-state index in [4.69, 9.17) is 0 Å². The fraction of sp³-hybridized carbons (Fsp3) is 0.733. The third-order valence-electron chi connectivity index (χ3n) is 4.31. The summed E-state index contributed by atoms with van der Waals surface area (Å²) in [6.07, 6.45) is 1.60. The lowest BCUT2D eigenvalue weighted by Crippen LogP contribution is -2.41. The Kier molecular flexibility index (Phi) is 3.66. The Labute approximate surface area is 104 Å². The maximum absolute atomic E-state index is 12.2. The van der Waals surface area contributed by atoms with Crippen molar-refractivity contribution >= 4 is 11.6 Å². The van der Waals surface area contributed by atoms with Crippen molar-refractivity contribution in [3.8, 4) is 0 Å².